The van der Waals surface area contributed by atoms with E-state index in [-0.39, 0.29) is 29.1 Å². The Hall–Kier alpha value is -1.84. The topological polar surface area (TPSA) is 57.6 Å². The van der Waals surface area contributed by atoms with Crippen LogP contribution in [0.5, 0.6) is 5.75 Å². The highest BCUT2D eigenvalue weighted by atomic mass is 16.3. The van der Waals surface area contributed by atoms with Crippen molar-refractivity contribution in [3.8, 4) is 5.75 Å². The van der Waals surface area contributed by atoms with Crippen LogP contribution < -0.4 is 0 Å². The fourth-order valence-corrected chi connectivity index (χ4v) is 3.02. The number of carbonyl (C=O) groups excluding carboxylic acids is 2. The second-order valence-corrected chi connectivity index (χ2v) is 8.51. The highest BCUT2D eigenvalue weighted by Gasteiger charge is 2.38. The molecule has 0 saturated carbocycles. The van der Waals surface area contributed by atoms with E-state index in [9.17, 15) is 14.7 Å². The third kappa shape index (κ3) is 3.12. The number of carbonyl (C=O) groups is 2. The number of benzene rings is 1. The molecule has 1 aromatic carbocycles. The van der Waals surface area contributed by atoms with Gasteiger partial charge in [0.25, 0.3) is 0 Å². The summed E-state index contributed by atoms with van der Waals surface area (Å²) in [5.74, 6) is -0.475. The quantitative estimate of drug-likeness (QED) is 0.807. The lowest BCUT2D eigenvalue weighted by molar-refractivity contribution is -0.137. The summed E-state index contributed by atoms with van der Waals surface area (Å²) in [6.45, 7) is 12.2. The van der Waals surface area contributed by atoms with Crippen molar-refractivity contribution in [1.29, 1.82) is 0 Å². The van der Waals surface area contributed by atoms with Crippen molar-refractivity contribution in [2.24, 2.45) is 0 Å². The molecule has 1 fully saturated rings. The maximum absolute atomic E-state index is 12.4. The molecule has 0 aromatic heterocycles. The number of likely N-dealkylation sites (tertiary alicyclic amines) is 1. The molecule has 0 radical (unpaired) electrons. The van der Waals surface area contributed by atoms with Crippen molar-refractivity contribution in [2.75, 3.05) is 7.05 Å². The fourth-order valence-electron chi connectivity index (χ4n) is 3.02. The molecular formula is C19H27NO3. The minimum Gasteiger partial charge on any atom is -0.507 e. The second kappa shape index (κ2) is 5.36. The first kappa shape index (κ1) is 17.5. The third-order valence-electron chi connectivity index (χ3n) is 4.53. The van der Waals surface area contributed by atoms with Crippen LogP contribution in [-0.2, 0) is 20.4 Å². The molecular weight excluding hydrogens is 290 g/mol. The van der Waals surface area contributed by atoms with Gasteiger partial charge in [-0.05, 0) is 27.5 Å². The first-order valence-electron chi connectivity index (χ1n) is 8.02. The van der Waals surface area contributed by atoms with Gasteiger partial charge in [0.05, 0.1) is 5.92 Å². The Bertz CT molecular complexity index is 627. The average Bonchev–Trinajstić information content (AvgIpc) is 2.64. The van der Waals surface area contributed by atoms with E-state index in [2.05, 4.69) is 0 Å². The molecule has 0 aliphatic carbocycles. The summed E-state index contributed by atoms with van der Waals surface area (Å²) >= 11 is 0. The molecule has 1 N–H and O–H groups in total. The number of imide groups is 1. The molecule has 1 saturated heterocycles. The molecule has 4 nitrogen and oxygen atoms in total. The number of rotatable bonds is 1. The molecule has 2 amide bonds. The van der Waals surface area contributed by atoms with Gasteiger partial charge in [0.2, 0.25) is 11.8 Å². The summed E-state index contributed by atoms with van der Waals surface area (Å²) in [4.78, 5) is 25.4. The summed E-state index contributed by atoms with van der Waals surface area (Å²) < 4.78 is 0. The molecule has 0 spiro atoms. The zero-order valence-electron chi connectivity index (χ0n) is 15.2. The van der Waals surface area contributed by atoms with Crippen molar-refractivity contribution in [2.45, 2.75) is 64.7 Å². The average molecular weight is 317 g/mol. The minimum absolute atomic E-state index is 0.150. The van der Waals surface area contributed by atoms with Gasteiger partial charge in [-0.2, -0.15) is 0 Å². The first-order valence-corrected chi connectivity index (χ1v) is 8.02. The van der Waals surface area contributed by atoms with E-state index < -0.39 is 5.92 Å². The molecule has 1 atom stereocenters. The zero-order valence-corrected chi connectivity index (χ0v) is 15.2. The van der Waals surface area contributed by atoms with Gasteiger partial charge in [-0.25, -0.2) is 0 Å². The number of phenols is 1. The summed E-state index contributed by atoms with van der Waals surface area (Å²) in [5, 5.41) is 10.7. The number of aromatic hydroxyl groups is 1. The van der Waals surface area contributed by atoms with Gasteiger partial charge < -0.3 is 5.11 Å². The summed E-state index contributed by atoms with van der Waals surface area (Å²) in [6.07, 6.45) is 0.202. The van der Waals surface area contributed by atoms with Crippen LogP contribution in [0.4, 0.5) is 0 Å². The van der Waals surface area contributed by atoms with Crippen LogP contribution in [0.1, 0.15) is 70.6 Å². The van der Waals surface area contributed by atoms with E-state index in [0.29, 0.717) is 5.75 Å². The minimum atomic E-state index is -0.449. The predicted molar refractivity (Wildman–Crippen MR) is 90.6 cm³/mol. The Kier molecular flexibility index (Phi) is 4.08. The Morgan fingerprint density at radius 1 is 1.00 bits per heavy atom. The van der Waals surface area contributed by atoms with Gasteiger partial charge in [-0.15, -0.1) is 0 Å². The molecule has 2 rings (SSSR count). The van der Waals surface area contributed by atoms with Crippen LogP contribution in [0.2, 0.25) is 0 Å². The van der Waals surface area contributed by atoms with Crippen LogP contribution in [0.25, 0.3) is 0 Å². The van der Waals surface area contributed by atoms with Crippen molar-refractivity contribution in [3.05, 3.63) is 28.8 Å². The Balaban J connectivity index is 2.66. The van der Waals surface area contributed by atoms with E-state index in [1.165, 1.54) is 11.9 Å². The SMILES string of the molecule is CN1C(=O)CC(c2cc(C(C)(C)C)c(O)c(C(C)(C)C)c2)C1=O. The smallest absolute Gasteiger partial charge is 0.236 e. The Labute approximate surface area is 138 Å². The van der Waals surface area contributed by atoms with Gasteiger partial charge in [-0.1, -0.05) is 53.7 Å². The molecule has 1 aliphatic heterocycles. The standard InChI is InChI=1S/C19H27NO3/c1-18(2,3)13-8-11(9-14(16(13)22)19(4,5)6)12-10-15(21)20(7)17(12)23/h8-9,12,22H,10H2,1-7H3. The zero-order chi connectivity index (χ0) is 17.7. The highest BCUT2D eigenvalue weighted by Crippen LogP contribution is 2.42. The fraction of sp³-hybridized carbons (Fsp3) is 0.579. The lowest BCUT2D eigenvalue weighted by Crippen LogP contribution is -2.25. The molecule has 1 aromatic rings. The highest BCUT2D eigenvalue weighted by molar-refractivity contribution is 6.06. The number of likely N-dealkylation sites (N-methyl/N-ethyl adjacent to an activating group) is 1. The predicted octanol–water partition coefficient (Wildman–Crippen LogP) is 3.46. The van der Waals surface area contributed by atoms with E-state index in [1.54, 1.807) is 0 Å². The second-order valence-electron chi connectivity index (χ2n) is 8.51. The molecule has 1 heterocycles. The van der Waals surface area contributed by atoms with E-state index in [4.69, 9.17) is 0 Å². The van der Waals surface area contributed by atoms with Crippen molar-refractivity contribution < 1.29 is 14.7 Å². The maximum Gasteiger partial charge on any atom is 0.236 e. The molecule has 126 valence electrons. The van der Waals surface area contributed by atoms with Gasteiger partial charge in [0.15, 0.2) is 0 Å². The van der Waals surface area contributed by atoms with Gasteiger partial charge >= 0.3 is 0 Å². The van der Waals surface area contributed by atoms with Gasteiger partial charge in [-0.3, -0.25) is 14.5 Å². The Morgan fingerprint density at radius 2 is 1.43 bits per heavy atom. The van der Waals surface area contributed by atoms with E-state index in [0.717, 1.165) is 16.7 Å². The van der Waals surface area contributed by atoms with Crippen LogP contribution in [0, 0.1) is 0 Å². The molecule has 1 unspecified atom stereocenters. The molecule has 0 bridgehead atoms. The van der Waals surface area contributed by atoms with Crippen LogP contribution in [0.3, 0.4) is 0 Å². The van der Waals surface area contributed by atoms with Gasteiger partial charge in [0, 0.05) is 13.5 Å². The number of phenolic OH excluding ortho intramolecular Hbond substituents is 1. The van der Waals surface area contributed by atoms with Crippen LogP contribution >= 0.6 is 0 Å². The molecule has 23 heavy (non-hydrogen) atoms. The number of amides is 2. The molecule has 1 aliphatic rings. The number of nitrogens with zero attached hydrogens (tertiary/aromatic N) is 1. The van der Waals surface area contributed by atoms with Crippen LogP contribution in [-0.4, -0.2) is 28.9 Å². The lowest BCUT2D eigenvalue weighted by atomic mass is 9.77. The lowest BCUT2D eigenvalue weighted by Gasteiger charge is -2.29. The summed E-state index contributed by atoms with van der Waals surface area (Å²) in [5.41, 5.74) is 1.94. The number of hydrogen-bond acceptors (Lipinski definition) is 3. The monoisotopic (exact) mass is 317 g/mol. The van der Waals surface area contributed by atoms with E-state index >= 15 is 0 Å². The summed E-state index contributed by atoms with van der Waals surface area (Å²) in [7, 11) is 1.53. The molecule has 4 heteroatoms. The Morgan fingerprint density at radius 3 is 1.74 bits per heavy atom. The van der Waals surface area contributed by atoms with Crippen molar-refractivity contribution in [1.82, 2.24) is 4.90 Å². The number of hydrogen-bond donors (Lipinski definition) is 1. The van der Waals surface area contributed by atoms with E-state index in [1.807, 2.05) is 53.7 Å². The summed E-state index contributed by atoms with van der Waals surface area (Å²) in [6, 6.07) is 3.78. The normalized spacial score (nSPS) is 19.6. The maximum atomic E-state index is 12.4. The third-order valence-corrected chi connectivity index (χ3v) is 4.53. The van der Waals surface area contributed by atoms with Crippen molar-refractivity contribution in [3.63, 3.8) is 0 Å². The van der Waals surface area contributed by atoms with Gasteiger partial charge in [0.1, 0.15) is 5.75 Å². The first-order chi connectivity index (χ1) is 10.3. The largest absolute Gasteiger partial charge is 0.507 e. The van der Waals surface area contributed by atoms with Crippen molar-refractivity contribution >= 4 is 11.8 Å². The van der Waals surface area contributed by atoms with Crippen LogP contribution in [0.15, 0.2) is 12.1 Å².